The number of hydrogen-bond donors (Lipinski definition) is 2. The predicted octanol–water partition coefficient (Wildman–Crippen LogP) is 4.05. The van der Waals surface area contributed by atoms with Crippen molar-refractivity contribution in [3.63, 3.8) is 0 Å². The van der Waals surface area contributed by atoms with Crippen LogP contribution in [0.2, 0.25) is 5.02 Å². The lowest BCUT2D eigenvalue weighted by atomic mass is 10.3. The van der Waals surface area contributed by atoms with Crippen LogP contribution in [0.3, 0.4) is 0 Å². The molecule has 0 unspecified atom stereocenters. The summed E-state index contributed by atoms with van der Waals surface area (Å²) < 4.78 is 18.7. The van der Waals surface area contributed by atoms with Gasteiger partial charge in [0.25, 0.3) is 0 Å². The van der Waals surface area contributed by atoms with Gasteiger partial charge < -0.3 is 15.4 Å². The molecule has 3 heterocycles. The lowest BCUT2D eigenvalue weighted by Crippen LogP contribution is -2.36. The molecule has 7 nitrogen and oxygen atoms in total. The van der Waals surface area contributed by atoms with Crippen molar-refractivity contribution in [2.45, 2.75) is 0 Å². The maximum Gasteiger partial charge on any atom is 0.248 e. The Morgan fingerprint density at radius 1 is 1.30 bits per heavy atom. The number of ether oxygens (including phenoxy) is 1. The SMILES string of the molecule is O=C(/C=C/CN1CCOCC1)Nc1cc2c(Nc3ccc(F)c(Cl)c3)ncnc2s1. The van der Waals surface area contributed by atoms with Crippen molar-refractivity contribution in [3.05, 3.63) is 53.6 Å². The molecular weight excluding hydrogens is 429 g/mol. The number of morpholine rings is 1. The summed E-state index contributed by atoms with van der Waals surface area (Å²) in [7, 11) is 0. The average Bonchev–Trinajstić information content (AvgIpc) is 3.15. The smallest absolute Gasteiger partial charge is 0.248 e. The molecule has 1 aliphatic heterocycles. The highest BCUT2D eigenvalue weighted by Crippen LogP contribution is 2.33. The van der Waals surface area contributed by atoms with Gasteiger partial charge in [0.1, 0.15) is 22.8 Å². The van der Waals surface area contributed by atoms with E-state index in [1.54, 1.807) is 12.1 Å². The molecule has 1 fully saturated rings. The fraction of sp³-hybridized carbons (Fsp3) is 0.250. The van der Waals surface area contributed by atoms with Crippen LogP contribution >= 0.6 is 22.9 Å². The Kier molecular flexibility index (Phi) is 6.53. The number of amides is 1. The molecule has 30 heavy (non-hydrogen) atoms. The summed E-state index contributed by atoms with van der Waals surface area (Å²) in [4.78, 5) is 23.7. The zero-order chi connectivity index (χ0) is 20.9. The molecule has 0 radical (unpaired) electrons. The molecule has 2 N–H and O–H groups in total. The third-order valence-corrected chi connectivity index (χ3v) is 5.74. The topological polar surface area (TPSA) is 79.4 Å². The maximum atomic E-state index is 13.4. The van der Waals surface area contributed by atoms with Crippen LogP contribution in [0.5, 0.6) is 0 Å². The number of nitrogens with zero attached hydrogens (tertiary/aromatic N) is 3. The number of thiophene rings is 1. The standard InChI is InChI=1S/C20H19ClFN5O2S/c21-15-10-13(3-4-16(15)22)25-19-14-11-18(30-20(14)24-12-23-19)26-17(28)2-1-5-27-6-8-29-9-7-27/h1-4,10-12H,5-9H2,(H,26,28)(H,23,24,25)/b2-1+. The summed E-state index contributed by atoms with van der Waals surface area (Å²) in [6.45, 7) is 3.90. The first kappa shape index (κ1) is 20.7. The van der Waals surface area contributed by atoms with Crippen LogP contribution in [-0.4, -0.2) is 53.6 Å². The van der Waals surface area contributed by atoms with E-state index in [0.29, 0.717) is 27.9 Å². The molecule has 156 valence electrons. The number of aromatic nitrogens is 2. The number of anilines is 3. The fourth-order valence-electron chi connectivity index (χ4n) is 2.98. The van der Waals surface area contributed by atoms with Gasteiger partial charge in [-0.2, -0.15) is 0 Å². The highest BCUT2D eigenvalue weighted by molar-refractivity contribution is 7.22. The van der Waals surface area contributed by atoms with E-state index in [0.717, 1.165) is 31.7 Å². The predicted molar refractivity (Wildman–Crippen MR) is 117 cm³/mol. The zero-order valence-corrected chi connectivity index (χ0v) is 17.5. The lowest BCUT2D eigenvalue weighted by molar-refractivity contribution is -0.111. The summed E-state index contributed by atoms with van der Waals surface area (Å²) >= 11 is 7.19. The molecule has 0 aliphatic carbocycles. The molecule has 0 bridgehead atoms. The summed E-state index contributed by atoms with van der Waals surface area (Å²) in [5.74, 6) is -0.151. The maximum absolute atomic E-state index is 13.4. The van der Waals surface area contributed by atoms with Gasteiger partial charge in [0.2, 0.25) is 5.91 Å². The largest absolute Gasteiger partial charge is 0.379 e. The number of carbonyl (C=O) groups excluding carboxylic acids is 1. The molecule has 0 spiro atoms. The third-order valence-electron chi connectivity index (χ3n) is 4.49. The molecule has 1 amide bonds. The van der Waals surface area contributed by atoms with E-state index in [-0.39, 0.29) is 10.9 Å². The second-order valence-corrected chi connectivity index (χ2v) is 8.05. The molecule has 1 aromatic carbocycles. The van der Waals surface area contributed by atoms with Gasteiger partial charge in [-0.1, -0.05) is 29.0 Å². The molecule has 2 aromatic heterocycles. The van der Waals surface area contributed by atoms with E-state index in [9.17, 15) is 9.18 Å². The molecule has 0 saturated carbocycles. The van der Waals surface area contributed by atoms with Crippen LogP contribution in [0.1, 0.15) is 0 Å². The highest BCUT2D eigenvalue weighted by atomic mass is 35.5. The third kappa shape index (κ3) is 5.11. The number of fused-ring (bicyclic) bond motifs is 1. The fourth-order valence-corrected chi connectivity index (χ4v) is 4.07. The van der Waals surface area contributed by atoms with Gasteiger partial charge in [-0.3, -0.25) is 9.69 Å². The molecule has 1 saturated heterocycles. The molecular formula is C20H19ClFN5O2S. The molecule has 0 atom stereocenters. The molecule has 3 aromatic rings. The minimum absolute atomic E-state index is 0.0208. The van der Waals surface area contributed by atoms with Crippen LogP contribution in [0.4, 0.5) is 20.9 Å². The Morgan fingerprint density at radius 3 is 2.93 bits per heavy atom. The monoisotopic (exact) mass is 447 g/mol. The Bertz CT molecular complexity index is 1080. The number of nitrogens with one attached hydrogen (secondary N) is 2. The Labute approximate surface area is 181 Å². The van der Waals surface area contributed by atoms with E-state index < -0.39 is 5.82 Å². The first-order valence-corrected chi connectivity index (χ1v) is 10.5. The van der Waals surface area contributed by atoms with E-state index in [4.69, 9.17) is 16.3 Å². The van der Waals surface area contributed by atoms with Crippen LogP contribution < -0.4 is 10.6 Å². The van der Waals surface area contributed by atoms with Crippen molar-refractivity contribution in [2.75, 3.05) is 43.5 Å². The van der Waals surface area contributed by atoms with Crippen molar-refractivity contribution < 1.29 is 13.9 Å². The van der Waals surface area contributed by atoms with Gasteiger partial charge in [0.15, 0.2) is 0 Å². The average molecular weight is 448 g/mol. The minimum Gasteiger partial charge on any atom is -0.379 e. The number of halogens is 2. The first-order chi connectivity index (χ1) is 14.6. The summed E-state index contributed by atoms with van der Waals surface area (Å²) in [5.41, 5.74) is 0.601. The van der Waals surface area contributed by atoms with Crippen molar-refractivity contribution >= 4 is 55.6 Å². The first-order valence-electron chi connectivity index (χ1n) is 9.33. The van der Waals surface area contributed by atoms with E-state index in [2.05, 4.69) is 25.5 Å². The van der Waals surface area contributed by atoms with Gasteiger partial charge >= 0.3 is 0 Å². The van der Waals surface area contributed by atoms with Gasteiger partial charge in [-0.15, -0.1) is 0 Å². The summed E-state index contributed by atoms with van der Waals surface area (Å²) in [5, 5.41) is 7.40. The Morgan fingerprint density at radius 2 is 2.13 bits per heavy atom. The zero-order valence-electron chi connectivity index (χ0n) is 15.9. The van der Waals surface area contributed by atoms with E-state index >= 15 is 0 Å². The van der Waals surface area contributed by atoms with Gasteiger partial charge in [-0.25, -0.2) is 14.4 Å². The number of benzene rings is 1. The van der Waals surface area contributed by atoms with Gasteiger partial charge in [0, 0.05) is 31.4 Å². The van der Waals surface area contributed by atoms with Crippen molar-refractivity contribution in [1.82, 2.24) is 14.9 Å². The van der Waals surface area contributed by atoms with Gasteiger partial charge in [-0.05, 0) is 24.3 Å². The number of carbonyl (C=O) groups is 1. The lowest BCUT2D eigenvalue weighted by Gasteiger charge is -2.24. The Hall–Kier alpha value is -2.59. The minimum atomic E-state index is -0.489. The quantitative estimate of drug-likeness (QED) is 0.555. The number of rotatable bonds is 6. The molecule has 10 heteroatoms. The summed E-state index contributed by atoms with van der Waals surface area (Å²) in [6, 6.07) is 6.15. The highest BCUT2D eigenvalue weighted by Gasteiger charge is 2.12. The van der Waals surface area contributed by atoms with Gasteiger partial charge in [0.05, 0.1) is 28.6 Å². The summed E-state index contributed by atoms with van der Waals surface area (Å²) in [6.07, 6.45) is 4.81. The Balaban J connectivity index is 1.43. The second kappa shape index (κ2) is 9.48. The van der Waals surface area contributed by atoms with Crippen LogP contribution in [0.15, 0.2) is 42.7 Å². The van der Waals surface area contributed by atoms with Crippen molar-refractivity contribution in [3.8, 4) is 0 Å². The normalized spacial score (nSPS) is 15.0. The van der Waals surface area contributed by atoms with Crippen LogP contribution in [0.25, 0.3) is 10.2 Å². The van der Waals surface area contributed by atoms with E-state index in [1.165, 1.54) is 35.9 Å². The van der Waals surface area contributed by atoms with Crippen molar-refractivity contribution in [2.24, 2.45) is 0 Å². The van der Waals surface area contributed by atoms with Crippen molar-refractivity contribution in [1.29, 1.82) is 0 Å². The van der Waals surface area contributed by atoms with E-state index in [1.807, 2.05) is 6.08 Å². The van der Waals surface area contributed by atoms with Crippen LogP contribution in [-0.2, 0) is 9.53 Å². The molecule has 1 aliphatic rings. The number of hydrogen-bond acceptors (Lipinski definition) is 7. The molecule has 4 rings (SSSR count). The second-order valence-electron chi connectivity index (χ2n) is 6.61. The van der Waals surface area contributed by atoms with Crippen LogP contribution in [0, 0.1) is 5.82 Å².